The first-order valence-corrected chi connectivity index (χ1v) is 18.3. The molecule has 11 rings (SSSR count). The van der Waals surface area contributed by atoms with E-state index in [4.69, 9.17) is 19.7 Å². The molecule has 252 valence electrons. The van der Waals surface area contributed by atoms with Crippen LogP contribution in [0.4, 0.5) is 0 Å². The van der Waals surface area contributed by atoms with Gasteiger partial charge in [-0.05, 0) is 58.7 Å². The van der Waals surface area contributed by atoms with Gasteiger partial charge in [0, 0.05) is 44.4 Å². The Hall–Kier alpha value is -6.59. The lowest BCUT2D eigenvalue weighted by atomic mass is 9.75. The van der Waals surface area contributed by atoms with Crippen LogP contribution in [0.3, 0.4) is 0 Å². The third kappa shape index (κ3) is 4.53. The number of benzene rings is 6. The van der Waals surface area contributed by atoms with E-state index in [-0.39, 0.29) is 17.4 Å². The molecule has 0 radical (unpaired) electrons. The second kappa shape index (κ2) is 11.2. The zero-order valence-corrected chi connectivity index (χ0v) is 29.4. The minimum Gasteiger partial charge on any atom is -0.485 e. The van der Waals surface area contributed by atoms with Crippen molar-refractivity contribution >= 4 is 27.4 Å². The van der Waals surface area contributed by atoms with E-state index in [1.807, 2.05) is 60.7 Å². The Labute approximate surface area is 307 Å². The summed E-state index contributed by atoms with van der Waals surface area (Å²) < 4.78 is 9.07. The lowest BCUT2D eigenvalue weighted by Gasteiger charge is -2.34. The van der Waals surface area contributed by atoms with E-state index < -0.39 is 0 Å². The lowest BCUT2D eigenvalue weighted by molar-refractivity contribution is 0.269. The fraction of sp³-hybridized carbons (Fsp3) is 0.104. The fourth-order valence-electron chi connectivity index (χ4n) is 8.72. The number of hydrogen-bond donors (Lipinski definition) is 0. The van der Waals surface area contributed by atoms with Crippen molar-refractivity contribution in [3.05, 3.63) is 180 Å². The summed E-state index contributed by atoms with van der Waals surface area (Å²) in [5.41, 5.74) is 12.9. The third-order valence-electron chi connectivity index (χ3n) is 11.4. The molecule has 2 unspecified atom stereocenters. The van der Waals surface area contributed by atoms with Gasteiger partial charge in [-0.2, -0.15) is 0 Å². The van der Waals surface area contributed by atoms with Gasteiger partial charge in [0.25, 0.3) is 0 Å². The van der Waals surface area contributed by atoms with E-state index in [1.165, 1.54) is 55.3 Å². The maximum atomic E-state index is 6.60. The fourth-order valence-corrected chi connectivity index (χ4v) is 8.72. The molecule has 0 fully saturated rings. The molecule has 1 aliphatic carbocycles. The molecule has 5 nitrogen and oxygen atoms in total. The quantitative estimate of drug-likeness (QED) is 0.185. The minimum absolute atomic E-state index is 0.0838. The van der Waals surface area contributed by atoms with Crippen LogP contribution in [0.15, 0.2) is 158 Å². The number of para-hydroxylation sites is 2. The second-order valence-electron chi connectivity index (χ2n) is 14.8. The first-order valence-electron chi connectivity index (χ1n) is 18.3. The molecule has 2 atom stereocenters. The van der Waals surface area contributed by atoms with Crippen molar-refractivity contribution in [3.63, 3.8) is 0 Å². The van der Waals surface area contributed by atoms with Crippen molar-refractivity contribution in [3.8, 4) is 45.3 Å². The van der Waals surface area contributed by atoms with Gasteiger partial charge in [-0.15, -0.1) is 0 Å². The maximum absolute atomic E-state index is 6.60. The molecule has 0 bridgehead atoms. The molecule has 3 aliphatic rings. The summed E-state index contributed by atoms with van der Waals surface area (Å²) in [7, 11) is 0. The monoisotopic (exact) mass is 682 g/mol. The number of ether oxygens (including phenoxy) is 1. The SMILES string of the molecule is CC1(C)c2ccccc2-n2c3ccc(-c4ccc5c(c4)C4C=CC(c6nc(-c7ccccc7)nc(-c7ccccc7)n6)=CC4O5)cc3c3cccc1c32. The van der Waals surface area contributed by atoms with Gasteiger partial charge in [0.05, 0.1) is 16.7 Å². The normalized spacial score (nSPS) is 17.6. The van der Waals surface area contributed by atoms with Crippen LogP contribution >= 0.6 is 0 Å². The highest BCUT2D eigenvalue weighted by Gasteiger charge is 2.36. The molecule has 0 saturated carbocycles. The smallest absolute Gasteiger partial charge is 0.164 e. The first kappa shape index (κ1) is 30.1. The van der Waals surface area contributed by atoms with Gasteiger partial charge in [0.2, 0.25) is 0 Å². The number of fused-ring (bicyclic) bond motifs is 8. The number of rotatable bonds is 4. The highest BCUT2D eigenvalue weighted by atomic mass is 16.5. The largest absolute Gasteiger partial charge is 0.485 e. The topological polar surface area (TPSA) is 52.8 Å². The molecule has 0 saturated heterocycles. The molecular formula is C48H34N4O. The van der Waals surface area contributed by atoms with Crippen LogP contribution in [-0.2, 0) is 5.41 Å². The highest BCUT2D eigenvalue weighted by Crippen LogP contribution is 2.49. The van der Waals surface area contributed by atoms with Gasteiger partial charge in [-0.3, -0.25) is 0 Å². The van der Waals surface area contributed by atoms with Crippen molar-refractivity contribution in [1.29, 1.82) is 0 Å². The zero-order valence-electron chi connectivity index (χ0n) is 29.4. The van der Waals surface area contributed by atoms with Crippen molar-refractivity contribution in [1.82, 2.24) is 19.5 Å². The van der Waals surface area contributed by atoms with Crippen LogP contribution < -0.4 is 4.74 Å². The van der Waals surface area contributed by atoms with Crippen molar-refractivity contribution in [2.75, 3.05) is 0 Å². The summed E-state index contributed by atoms with van der Waals surface area (Å²) in [4.78, 5) is 14.8. The summed E-state index contributed by atoms with van der Waals surface area (Å²) in [6.45, 7) is 4.69. The zero-order chi connectivity index (χ0) is 35.3. The van der Waals surface area contributed by atoms with Crippen molar-refractivity contribution < 1.29 is 4.74 Å². The van der Waals surface area contributed by atoms with Gasteiger partial charge < -0.3 is 9.30 Å². The van der Waals surface area contributed by atoms with Gasteiger partial charge in [0.1, 0.15) is 11.9 Å². The van der Waals surface area contributed by atoms with E-state index in [2.05, 4.69) is 116 Å². The van der Waals surface area contributed by atoms with Crippen LogP contribution in [0.2, 0.25) is 0 Å². The van der Waals surface area contributed by atoms with E-state index in [9.17, 15) is 0 Å². The maximum Gasteiger partial charge on any atom is 0.164 e. The summed E-state index contributed by atoms with van der Waals surface area (Å²) in [5, 5.41) is 2.57. The third-order valence-corrected chi connectivity index (χ3v) is 11.4. The molecule has 4 heterocycles. The van der Waals surface area contributed by atoms with Crippen LogP contribution in [0.1, 0.15) is 42.3 Å². The van der Waals surface area contributed by atoms with Crippen LogP contribution in [0.5, 0.6) is 5.75 Å². The van der Waals surface area contributed by atoms with Gasteiger partial charge in [-0.25, -0.2) is 15.0 Å². The average molecular weight is 683 g/mol. The molecule has 8 aromatic rings. The van der Waals surface area contributed by atoms with Crippen molar-refractivity contribution in [2.24, 2.45) is 0 Å². The Bertz CT molecular complexity index is 2790. The van der Waals surface area contributed by atoms with Gasteiger partial charge >= 0.3 is 0 Å². The second-order valence-corrected chi connectivity index (χ2v) is 14.8. The molecule has 53 heavy (non-hydrogen) atoms. The molecule has 6 aromatic carbocycles. The molecule has 2 aromatic heterocycles. The molecule has 0 amide bonds. The Morgan fingerprint density at radius 1 is 0.585 bits per heavy atom. The number of nitrogens with zero attached hydrogens (tertiary/aromatic N) is 4. The average Bonchev–Trinajstić information content (AvgIpc) is 3.75. The minimum atomic E-state index is -0.152. The molecular weight excluding hydrogens is 649 g/mol. The lowest BCUT2D eigenvalue weighted by Crippen LogP contribution is -2.26. The number of aromatic nitrogens is 4. The Balaban J connectivity index is 0.963. The van der Waals surface area contributed by atoms with Gasteiger partial charge in [0.15, 0.2) is 17.5 Å². The van der Waals surface area contributed by atoms with Crippen molar-refractivity contribution in [2.45, 2.75) is 31.3 Å². The summed E-state index contributed by atoms with van der Waals surface area (Å²) in [5.74, 6) is 2.95. The molecule has 5 heteroatoms. The van der Waals surface area contributed by atoms with E-state index in [0.29, 0.717) is 17.5 Å². The Kier molecular flexibility index (Phi) is 6.36. The molecule has 0 N–H and O–H groups in total. The standard InChI is InChI=1S/C48H34N4O/c1-48(2)38-17-9-10-19-41(38)52-40-24-21-31(26-36(40)35-16-11-18-39(48)44(35)52)32-22-25-42-37(27-32)34-23-20-33(28-43(34)53-42)47-50-45(29-12-5-3-6-13-29)49-46(51-47)30-14-7-4-8-15-30/h3-28,34,43H,1-2H3. The van der Waals surface area contributed by atoms with Crippen LogP contribution in [-0.4, -0.2) is 25.6 Å². The van der Waals surface area contributed by atoms with Crippen LogP contribution in [0, 0.1) is 0 Å². The van der Waals surface area contributed by atoms with E-state index >= 15 is 0 Å². The summed E-state index contributed by atoms with van der Waals surface area (Å²) in [6.07, 6.45) is 6.41. The predicted molar refractivity (Wildman–Crippen MR) is 213 cm³/mol. The van der Waals surface area contributed by atoms with Crippen LogP contribution in [0.25, 0.3) is 67.0 Å². The summed E-state index contributed by atoms with van der Waals surface area (Å²) >= 11 is 0. The molecule has 0 spiro atoms. The summed E-state index contributed by atoms with van der Waals surface area (Å²) in [6, 6.07) is 49.4. The van der Waals surface area contributed by atoms with Gasteiger partial charge in [-0.1, -0.05) is 135 Å². The predicted octanol–water partition coefficient (Wildman–Crippen LogP) is 11.1. The van der Waals surface area contributed by atoms with E-state index in [1.54, 1.807) is 0 Å². The Morgan fingerprint density at radius 3 is 2.02 bits per heavy atom. The number of allylic oxidation sites excluding steroid dienone is 2. The van der Waals surface area contributed by atoms with E-state index in [0.717, 1.165) is 22.4 Å². The highest BCUT2D eigenvalue weighted by molar-refractivity contribution is 6.12. The number of hydrogen-bond acceptors (Lipinski definition) is 4. The molecule has 2 aliphatic heterocycles. The Morgan fingerprint density at radius 2 is 1.25 bits per heavy atom. The first-order chi connectivity index (χ1) is 26.0.